The Balaban J connectivity index is 1.79. The first-order valence-electron chi connectivity index (χ1n) is 8.12. The number of rotatable bonds is 3. The van der Waals surface area contributed by atoms with Gasteiger partial charge in [-0.1, -0.05) is 6.07 Å². The predicted octanol–water partition coefficient (Wildman–Crippen LogP) is 1.38. The molecule has 0 N–H and O–H groups in total. The number of pyridine rings is 1. The molecule has 25 heavy (non-hydrogen) atoms. The Kier molecular flexibility index (Phi) is 4.64. The van der Waals surface area contributed by atoms with E-state index in [0.717, 1.165) is 6.42 Å². The van der Waals surface area contributed by atoms with Gasteiger partial charge in [0.2, 0.25) is 5.82 Å². The summed E-state index contributed by atoms with van der Waals surface area (Å²) < 4.78 is 1.55. The van der Waals surface area contributed by atoms with Crippen LogP contribution in [0.3, 0.4) is 0 Å². The molecule has 9 nitrogen and oxygen atoms in total. The lowest BCUT2D eigenvalue weighted by Gasteiger charge is -2.22. The van der Waals surface area contributed by atoms with E-state index in [1.54, 1.807) is 47.9 Å². The molecule has 2 aromatic rings. The van der Waals surface area contributed by atoms with Gasteiger partial charge < -0.3 is 9.80 Å². The van der Waals surface area contributed by atoms with Crippen LogP contribution in [0, 0.1) is 17.0 Å². The van der Waals surface area contributed by atoms with Gasteiger partial charge in [-0.25, -0.2) is 4.68 Å². The van der Waals surface area contributed by atoms with E-state index in [4.69, 9.17) is 0 Å². The maximum atomic E-state index is 12.6. The van der Waals surface area contributed by atoms with Gasteiger partial charge in [0.15, 0.2) is 0 Å². The van der Waals surface area contributed by atoms with Gasteiger partial charge in [-0.3, -0.25) is 19.9 Å². The summed E-state index contributed by atoms with van der Waals surface area (Å²) in [5, 5.41) is 15.6. The summed E-state index contributed by atoms with van der Waals surface area (Å²) in [6, 6.07) is 5.25. The van der Waals surface area contributed by atoms with Crippen molar-refractivity contribution >= 4 is 17.4 Å². The summed E-state index contributed by atoms with van der Waals surface area (Å²) in [6.45, 7) is 3.86. The normalized spacial score (nSPS) is 15.1. The molecule has 0 radical (unpaired) electrons. The Labute approximate surface area is 145 Å². The Morgan fingerprint density at radius 3 is 2.72 bits per heavy atom. The highest BCUT2D eigenvalue weighted by Crippen LogP contribution is 2.31. The molecule has 3 rings (SSSR count). The summed E-state index contributed by atoms with van der Waals surface area (Å²) in [7, 11) is 1.71. The summed E-state index contributed by atoms with van der Waals surface area (Å²) in [5.41, 5.74) is 0.846. The summed E-state index contributed by atoms with van der Waals surface area (Å²) in [6.07, 6.45) is 2.32. The minimum Gasteiger partial charge on any atom is -0.349 e. The molecule has 0 saturated carbocycles. The fourth-order valence-corrected chi connectivity index (χ4v) is 3.19. The Morgan fingerprint density at radius 1 is 1.24 bits per heavy atom. The van der Waals surface area contributed by atoms with Crippen molar-refractivity contribution in [1.29, 1.82) is 0 Å². The maximum Gasteiger partial charge on any atom is 0.333 e. The first-order valence-corrected chi connectivity index (χ1v) is 8.12. The molecule has 0 aliphatic carbocycles. The minimum atomic E-state index is -0.390. The van der Waals surface area contributed by atoms with Gasteiger partial charge in [0.1, 0.15) is 11.4 Å². The van der Waals surface area contributed by atoms with Gasteiger partial charge in [-0.2, -0.15) is 5.10 Å². The second-order valence-electron chi connectivity index (χ2n) is 5.99. The number of aromatic nitrogens is 3. The second kappa shape index (κ2) is 6.88. The van der Waals surface area contributed by atoms with Crippen LogP contribution in [0.1, 0.15) is 22.6 Å². The number of nitro groups is 1. The number of carbonyl (C=O) groups excluding carboxylic acids is 1. The average molecular weight is 344 g/mol. The third kappa shape index (κ3) is 3.30. The van der Waals surface area contributed by atoms with Gasteiger partial charge in [-0.05, 0) is 25.5 Å². The fraction of sp³-hybridized carbons (Fsp3) is 0.438. The van der Waals surface area contributed by atoms with Gasteiger partial charge in [0.05, 0.1) is 4.92 Å². The molecule has 0 atom stereocenters. The highest BCUT2D eigenvalue weighted by molar-refractivity contribution is 5.92. The predicted molar refractivity (Wildman–Crippen MR) is 91.6 cm³/mol. The molecule has 1 saturated heterocycles. The summed E-state index contributed by atoms with van der Waals surface area (Å²) in [5.74, 6) is 0.382. The summed E-state index contributed by atoms with van der Waals surface area (Å²) in [4.78, 5) is 31.4. The fourth-order valence-electron chi connectivity index (χ4n) is 3.19. The van der Waals surface area contributed by atoms with Crippen molar-refractivity contribution in [3.8, 4) is 0 Å². The number of nitrogens with zero attached hydrogens (tertiary/aromatic N) is 6. The van der Waals surface area contributed by atoms with E-state index >= 15 is 0 Å². The van der Waals surface area contributed by atoms with Crippen LogP contribution in [-0.4, -0.2) is 56.7 Å². The van der Waals surface area contributed by atoms with Crippen LogP contribution >= 0.6 is 0 Å². The van der Waals surface area contributed by atoms with Crippen LogP contribution < -0.4 is 4.90 Å². The van der Waals surface area contributed by atoms with E-state index in [-0.39, 0.29) is 16.5 Å². The Morgan fingerprint density at radius 2 is 2.04 bits per heavy atom. The van der Waals surface area contributed by atoms with Crippen LogP contribution in [0.15, 0.2) is 24.4 Å². The molecule has 1 fully saturated rings. The van der Waals surface area contributed by atoms with Gasteiger partial charge >= 0.3 is 5.69 Å². The van der Waals surface area contributed by atoms with Crippen molar-refractivity contribution in [3.63, 3.8) is 0 Å². The van der Waals surface area contributed by atoms with Crippen molar-refractivity contribution < 1.29 is 9.72 Å². The minimum absolute atomic E-state index is 0.0343. The average Bonchev–Trinajstić information content (AvgIpc) is 2.76. The van der Waals surface area contributed by atoms with Crippen molar-refractivity contribution in [3.05, 3.63) is 45.9 Å². The van der Waals surface area contributed by atoms with E-state index in [0.29, 0.717) is 43.4 Å². The quantitative estimate of drug-likeness (QED) is 0.616. The van der Waals surface area contributed by atoms with Crippen molar-refractivity contribution in [2.75, 3.05) is 31.1 Å². The van der Waals surface area contributed by atoms with Crippen LogP contribution in [-0.2, 0) is 7.05 Å². The van der Waals surface area contributed by atoms with Crippen molar-refractivity contribution in [1.82, 2.24) is 19.7 Å². The molecule has 1 aliphatic heterocycles. The van der Waals surface area contributed by atoms with Gasteiger partial charge in [0.25, 0.3) is 5.91 Å². The molecule has 3 heterocycles. The second-order valence-corrected chi connectivity index (χ2v) is 5.99. The molecule has 0 aromatic carbocycles. The van der Waals surface area contributed by atoms with E-state index in [1.165, 1.54) is 0 Å². The van der Waals surface area contributed by atoms with Crippen LogP contribution in [0.4, 0.5) is 11.5 Å². The zero-order valence-electron chi connectivity index (χ0n) is 14.3. The Hall–Kier alpha value is -2.97. The highest BCUT2D eigenvalue weighted by Gasteiger charge is 2.30. The lowest BCUT2D eigenvalue weighted by atomic mass is 10.3. The molecule has 2 aromatic heterocycles. The molecule has 1 aliphatic rings. The van der Waals surface area contributed by atoms with Crippen LogP contribution in [0.25, 0.3) is 0 Å². The van der Waals surface area contributed by atoms with E-state index < -0.39 is 0 Å². The van der Waals surface area contributed by atoms with Crippen LogP contribution in [0.2, 0.25) is 0 Å². The lowest BCUT2D eigenvalue weighted by molar-refractivity contribution is -0.384. The zero-order valence-corrected chi connectivity index (χ0v) is 14.3. The molecular weight excluding hydrogens is 324 g/mol. The molecule has 1 amide bonds. The SMILES string of the molecule is Cc1nn(C)c(N2CCCN(C(=O)c3ccccn3)CC2)c1[N+](=O)[O-]. The van der Waals surface area contributed by atoms with Crippen molar-refractivity contribution in [2.24, 2.45) is 7.05 Å². The Bertz CT molecular complexity index is 789. The topological polar surface area (TPSA) is 97.4 Å². The lowest BCUT2D eigenvalue weighted by Crippen LogP contribution is -2.36. The smallest absolute Gasteiger partial charge is 0.333 e. The molecule has 0 bridgehead atoms. The first-order chi connectivity index (χ1) is 12.0. The third-order valence-electron chi connectivity index (χ3n) is 4.31. The summed E-state index contributed by atoms with van der Waals surface area (Å²) >= 11 is 0. The number of anilines is 1. The highest BCUT2D eigenvalue weighted by atomic mass is 16.6. The monoisotopic (exact) mass is 344 g/mol. The molecule has 9 heteroatoms. The number of aryl methyl sites for hydroxylation is 2. The first kappa shape index (κ1) is 16.9. The molecular formula is C16H20N6O3. The van der Waals surface area contributed by atoms with Crippen LogP contribution in [0.5, 0.6) is 0 Å². The number of hydrogen-bond donors (Lipinski definition) is 0. The maximum absolute atomic E-state index is 12.6. The van der Waals surface area contributed by atoms with Crippen molar-refractivity contribution in [2.45, 2.75) is 13.3 Å². The van der Waals surface area contributed by atoms with E-state index in [2.05, 4.69) is 10.1 Å². The largest absolute Gasteiger partial charge is 0.349 e. The number of carbonyl (C=O) groups is 1. The van der Waals surface area contributed by atoms with E-state index in [9.17, 15) is 14.9 Å². The zero-order chi connectivity index (χ0) is 18.0. The standard InChI is InChI=1S/C16H20N6O3/c1-12-14(22(24)25)15(19(2)18-12)20-8-5-9-21(11-10-20)16(23)13-6-3-4-7-17-13/h3-4,6-7H,5,8-11H2,1-2H3. The molecule has 0 unspecified atom stereocenters. The van der Waals surface area contributed by atoms with Gasteiger partial charge in [-0.15, -0.1) is 0 Å². The van der Waals surface area contributed by atoms with Gasteiger partial charge in [0, 0.05) is 39.4 Å². The number of amides is 1. The third-order valence-corrected chi connectivity index (χ3v) is 4.31. The molecule has 0 spiro atoms. The van der Waals surface area contributed by atoms with E-state index in [1.807, 2.05) is 4.90 Å². The molecule has 132 valence electrons. The number of hydrogen-bond acceptors (Lipinski definition) is 6.